The van der Waals surface area contributed by atoms with Gasteiger partial charge in [0.05, 0.1) is 25.5 Å². The Morgan fingerprint density at radius 3 is 1.92 bits per heavy atom. The van der Waals surface area contributed by atoms with Crippen LogP contribution in [-0.2, 0) is 9.47 Å². The Morgan fingerprint density at radius 1 is 0.800 bits per heavy atom. The Bertz CT molecular complexity index is 898. The number of benzene rings is 2. The molecule has 2 aromatic carbocycles. The lowest BCUT2D eigenvalue weighted by molar-refractivity contribution is 0.0557. The largest absolute Gasteiger partial charge is 0.465 e. The lowest BCUT2D eigenvalue weighted by atomic mass is 10.0. The van der Waals surface area contributed by atoms with E-state index in [1.54, 1.807) is 10.8 Å². The van der Waals surface area contributed by atoms with E-state index in [0.29, 0.717) is 5.69 Å². The molecular weight excluding hydrogens is 318 g/mol. The Balaban J connectivity index is 2.37. The number of carbonyl (C=O) groups is 2. The number of ether oxygens (including phenoxy) is 2. The first-order valence-corrected chi connectivity index (χ1v) is 7.70. The van der Waals surface area contributed by atoms with Crippen LogP contribution >= 0.6 is 0 Å². The molecule has 0 atom stereocenters. The van der Waals surface area contributed by atoms with Crippen LogP contribution < -0.4 is 0 Å². The highest BCUT2D eigenvalue weighted by molar-refractivity contribution is 6.08. The fraction of sp³-hybridized carbons (Fsp3) is 0.100. The highest BCUT2D eigenvalue weighted by Crippen LogP contribution is 2.32. The van der Waals surface area contributed by atoms with Gasteiger partial charge in [-0.2, -0.15) is 0 Å². The SMILES string of the molecule is COC(=O)c1cn(-c2ccccc2)c(-c2ccccc2)c1C(=O)OC. The van der Waals surface area contributed by atoms with Gasteiger partial charge in [0, 0.05) is 11.9 Å². The summed E-state index contributed by atoms with van der Waals surface area (Å²) in [5, 5.41) is 0. The van der Waals surface area contributed by atoms with Crippen LogP contribution in [0.25, 0.3) is 16.9 Å². The molecule has 0 aliphatic carbocycles. The predicted octanol–water partition coefficient (Wildman–Crippen LogP) is 3.72. The Labute approximate surface area is 145 Å². The van der Waals surface area contributed by atoms with Crippen LogP contribution in [0.4, 0.5) is 0 Å². The van der Waals surface area contributed by atoms with E-state index >= 15 is 0 Å². The van der Waals surface area contributed by atoms with Gasteiger partial charge < -0.3 is 14.0 Å². The molecule has 25 heavy (non-hydrogen) atoms. The molecule has 0 amide bonds. The van der Waals surface area contributed by atoms with E-state index in [0.717, 1.165) is 11.3 Å². The maximum absolute atomic E-state index is 12.5. The van der Waals surface area contributed by atoms with E-state index in [1.807, 2.05) is 60.7 Å². The monoisotopic (exact) mass is 335 g/mol. The summed E-state index contributed by atoms with van der Waals surface area (Å²) in [6.07, 6.45) is 1.61. The van der Waals surface area contributed by atoms with Crippen molar-refractivity contribution in [3.63, 3.8) is 0 Å². The standard InChI is InChI=1S/C20H17NO4/c1-24-19(22)16-13-21(15-11-7-4-8-12-15)18(17(16)20(23)25-2)14-9-5-3-6-10-14/h3-13H,1-2H3. The third-order valence-corrected chi connectivity index (χ3v) is 3.88. The molecule has 0 saturated heterocycles. The number of para-hydroxylation sites is 1. The van der Waals surface area contributed by atoms with Gasteiger partial charge in [0.15, 0.2) is 0 Å². The second-order valence-electron chi connectivity index (χ2n) is 5.32. The van der Waals surface area contributed by atoms with Crippen molar-refractivity contribution in [1.29, 1.82) is 0 Å². The molecule has 1 aromatic heterocycles. The van der Waals surface area contributed by atoms with E-state index in [1.165, 1.54) is 14.2 Å². The summed E-state index contributed by atoms with van der Waals surface area (Å²) in [6, 6.07) is 18.9. The van der Waals surface area contributed by atoms with Crippen LogP contribution in [0.15, 0.2) is 66.9 Å². The molecule has 5 nitrogen and oxygen atoms in total. The van der Waals surface area contributed by atoms with Gasteiger partial charge in [0.1, 0.15) is 5.56 Å². The molecule has 0 aliphatic rings. The van der Waals surface area contributed by atoms with Crippen molar-refractivity contribution in [3.8, 4) is 16.9 Å². The van der Waals surface area contributed by atoms with Crippen molar-refractivity contribution in [3.05, 3.63) is 78.0 Å². The van der Waals surface area contributed by atoms with E-state index < -0.39 is 11.9 Å². The summed E-state index contributed by atoms with van der Waals surface area (Å²) < 4.78 is 11.6. The first kappa shape index (κ1) is 16.5. The minimum absolute atomic E-state index is 0.164. The van der Waals surface area contributed by atoms with E-state index in [2.05, 4.69) is 0 Å². The molecular formula is C20H17NO4. The molecule has 0 unspecified atom stereocenters. The molecule has 3 aromatic rings. The van der Waals surface area contributed by atoms with Gasteiger partial charge >= 0.3 is 11.9 Å². The first-order chi connectivity index (χ1) is 12.2. The van der Waals surface area contributed by atoms with Crippen LogP contribution in [0, 0.1) is 0 Å². The molecule has 3 rings (SSSR count). The maximum Gasteiger partial charge on any atom is 0.340 e. The smallest absolute Gasteiger partial charge is 0.340 e. The normalized spacial score (nSPS) is 10.3. The third kappa shape index (κ3) is 3.04. The van der Waals surface area contributed by atoms with Crippen molar-refractivity contribution in [2.45, 2.75) is 0 Å². The van der Waals surface area contributed by atoms with Gasteiger partial charge in [-0.25, -0.2) is 9.59 Å². The fourth-order valence-electron chi connectivity index (χ4n) is 2.75. The molecule has 0 spiro atoms. The molecule has 0 N–H and O–H groups in total. The summed E-state index contributed by atoms with van der Waals surface area (Å²) in [4.78, 5) is 24.7. The van der Waals surface area contributed by atoms with Crippen molar-refractivity contribution in [1.82, 2.24) is 4.57 Å². The summed E-state index contributed by atoms with van der Waals surface area (Å²) >= 11 is 0. The number of esters is 2. The molecule has 0 radical (unpaired) electrons. The van der Waals surface area contributed by atoms with E-state index in [-0.39, 0.29) is 11.1 Å². The number of aromatic nitrogens is 1. The summed E-state index contributed by atoms with van der Waals surface area (Å²) in [7, 11) is 2.57. The number of rotatable bonds is 4. The van der Waals surface area contributed by atoms with Gasteiger partial charge in [-0.05, 0) is 17.7 Å². The molecule has 1 heterocycles. The molecule has 0 aliphatic heterocycles. The number of hydrogen-bond donors (Lipinski definition) is 0. The highest BCUT2D eigenvalue weighted by Gasteiger charge is 2.28. The lowest BCUT2D eigenvalue weighted by Gasteiger charge is -2.11. The van der Waals surface area contributed by atoms with Crippen molar-refractivity contribution < 1.29 is 19.1 Å². The Morgan fingerprint density at radius 2 is 1.36 bits per heavy atom. The van der Waals surface area contributed by atoms with Gasteiger partial charge in [-0.15, -0.1) is 0 Å². The number of carbonyl (C=O) groups excluding carboxylic acids is 2. The average molecular weight is 335 g/mol. The maximum atomic E-state index is 12.5. The van der Waals surface area contributed by atoms with Crippen LogP contribution in [0.2, 0.25) is 0 Å². The number of nitrogens with zero attached hydrogens (tertiary/aromatic N) is 1. The summed E-state index contributed by atoms with van der Waals surface area (Å²) in [6.45, 7) is 0. The summed E-state index contributed by atoms with van der Waals surface area (Å²) in [5.41, 5.74) is 2.55. The van der Waals surface area contributed by atoms with Crippen molar-refractivity contribution in [2.24, 2.45) is 0 Å². The zero-order valence-electron chi connectivity index (χ0n) is 13.9. The highest BCUT2D eigenvalue weighted by atomic mass is 16.5. The molecule has 0 bridgehead atoms. The van der Waals surface area contributed by atoms with E-state index in [9.17, 15) is 9.59 Å². The second kappa shape index (κ2) is 7.05. The fourth-order valence-corrected chi connectivity index (χ4v) is 2.75. The zero-order valence-corrected chi connectivity index (χ0v) is 13.9. The zero-order chi connectivity index (χ0) is 17.8. The predicted molar refractivity (Wildman–Crippen MR) is 93.9 cm³/mol. The second-order valence-corrected chi connectivity index (χ2v) is 5.32. The topological polar surface area (TPSA) is 57.5 Å². The number of methoxy groups -OCH3 is 2. The van der Waals surface area contributed by atoms with E-state index in [4.69, 9.17) is 9.47 Å². The molecule has 126 valence electrons. The van der Waals surface area contributed by atoms with Gasteiger partial charge in [0.2, 0.25) is 0 Å². The minimum Gasteiger partial charge on any atom is -0.465 e. The minimum atomic E-state index is -0.590. The average Bonchev–Trinajstić information content (AvgIpc) is 3.08. The quantitative estimate of drug-likeness (QED) is 0.682. The van der Waals surface area contributed by atoms with Gasteiger partial charge in [0.25, 0.3) is 0 Å². The van der Waals surface area contributed by atoms with Crippen molar-refractivity contribution in [2.75, 3.05) is 14.2 Å². The van der Waals surface area contributed by atoms with Crippen LogP contribution in [0.1, 0.15) is 20.7 Å². The Hall–Kier alpha value is -3.34. The molecule has 0 fully saturated rings. The summed E-state index contributed by atoms with van der Waals surface area (Å²) in [5.74, 6) is -1.18. The van der Waals surface area contributed by atoms with Crippen LogP contribution in [0.5, 0.6) is 0 Å². The van der Waals surface area contributed by atoms with Crippen LogP contribution in [-0.4, -0.2) is 30.7 Å². The first-order valence-electron chi connectivity index (χ1n) is 7.70. The van der Waals surface area contributed by atoms with Crippen LogP contribution in [0.3, 0.4) is 0 Å². The molecule has 0 saturated carbocycles. The number of hydrogen-bond acceptors (Lipinski definition) is 4. The third-order valence-electron chi connectivity index (χ3n) is 3.88. The lowest BCUT2D eigenvalue weighted by Crippen LogP contribution is -2.10. The van der Waals surface area contributed by atoms with Gasteiger partial charge in [-0.3, -0.25) is 0 Å². The van der Waals surface area contributed by atoms with Gasteiger partial charge in [-0.1, -0.05) is 48.5 Å². The molecule has 5 heteroatoms. The van der Waals surface area contributed by atoms with Crippen molar-refractivity contribution >= 4 is 11.9 Å². The Kier molecular flexibility index (Phi) is 4.66.